The third-order valence-corrected chi connectivity index (χ3v) is 8.17. The molecule has 11 heteroatoms. The van der Waals surface area contributed by atoms with Crippen molar-refractivity contribution in [3.63, 3.8) is 0 Å². The molecule has 3 aliphatic heterocycles. The molecule has 0 saturated carbocycles. The average Bonchev–Trinajstić information content (AvgIpc) is 3.39. The third-order valence-electron chi connectivity index (χ3n) is 8.17. The number of amidine groups is 1. The first-order valence-corrected chi connectivity index (χ1v) is 15.7. The molecule has 0 aliphatic carbocycles. The predicted octanol–water partition coefficient (Wildman–Crippen LogP) is 3.74. The lowest BCUT2D eigenvalue weighted by Crippen LogP contribution is -2.63. The number of piperazine rings is 1. The lowest BCUT2D eigenvalue weighted by Gasteiger charge is -2.41. The average molecular weight is 600 g/mol. The molecule has 1 aromatic carbocycles. The molecule has 11 nitrogen and oxygen atoms in total. The van der Waals surface area contributed by atoms with Crippen LogP contribution in [0.4, 0.5) is 4.79 Å². The lowest BCUT2D eigenvalue weighted by molar-refractivity contribution is -0.156. The number of hydrogen-bond donors (Lipinski definition) is 1. The maximum atomic E-state index is 14.0. The fraction of sp³-hybridized carbons (Fsp3) is 0.688. The molecule has 0 spiro atoms. The summed E-state index contributed by atoms with van der Waals surface area (Å²) in [7, 11) is 1.32. The fourth-order valence-electron chi connectivity index (χ4n) is 5.96. The minimum absolute atomic E-state index is 0.0963. The largest absolute Gasteiger partial charge is 0.467 e. The van der Waals surface area contributed by atoms with Gasteiger partial charge < -0.3 is 34.2 Å². The summed E-state index contributed by atoms with van der Waals surface area (Å²) in [4.78, 5) is 50.4. The first-order valence-electron chi connectivity index (χ1n) is 15.7. The van der Waals surface area contributed by atoms with E-state index in [1.54, 1.807) is 20.8 Å². The van der Waals surface area contributed by atoms with Crippen LogP contribution in [0, 0.1) is 0 Å². The third kappa shape index (κ3) is 9.08. The Hall–Kier alpha value is -3.34. The van der Waals surface area contributed by atoms with E-state index in [4.69, 9.17) is 19.2 Å². The van der Waals surface area contributed by atoms with E-state index in [1.807, 2.05) is 42.2 Å². The van der Waals surface area contributed by atoms with E-state index in [9.17, 15) is 14.4 Å². The Balaban J connectivity index is 1.43. The standard InChI is InChI=1S/C32H49N5O6/c1-23-27(24-14-8-6-9-15-24)42-30(33-23)36-20-21-37(26(22-36)29(39)41-5)28(38)25(34-31(40)43-32(2,3)4)16-10-13-19-35-17-11-7-12-18-35/h6,8-9,14-15,23,25-27H,7,10-13,16-22H2,1-5H3,(H,34,40)/t23-,25?,26-,27+/m0/s1. The van der Waals surface area contributed by atoms with Crippen LogP contribution in [0.25, 0.3) is 0 Å². The minimum Gasteiger partial charge on any atom is -0.467 e. The zero-order valence-electron chi connectivity index (χ0n) is 26.4. The number of unbranched alkanes of at least 4 members (excludes halogenated alkanes) is 1. The first kappa shape index (κ1) is 32.6. The molecule has 3 aliphatic rings. The second kappa shape index (κ2) is 14.9. The van der Waals surface area contributed by atoms with Crippen molar-refractivity contribution in [1.29, 1.82) is 0 Å². The highest BCUT2D eigenvalue weighted by Gasteiger charge is 2.42. The van der Waals surface area contributed by atoms with Gasteiger partial charge >= 0.3 is 12.1 Å². The summed E-state index contributed by atoms with van der Waals surface area (Å²) in [5, 5.41) is 2.80. The molecule has 43 heavy (non-hydrogen) atoms. The molecule has 0 radical (unpaired) electrons. The summed E-state index contributed by atoms with van der Waals surface area (Å²) < 4.78 is 16.9. The van der Waals surface area contributed by atoms with E-state index < -0.39 is 29.7 Å². The summed E-state index contributed by atoms with van der Waals surface area (Å²) in [5.74, 6) is -0.839. The van der Waals surface area contributed by atoms with Crippen LogP contribution in [-0.2, 0) is 23.8 Å². The zero-order chi connectivity index (χ0) is 31.0. The van der Waals surface area contributed by atoms with Gasteiger partial charge in [0.25, 0.3) is 6.02 Å². The Morgan fingerprint density at radius 2 is 1.77 bits per heavy atom. The van der Waals surface area contributed by atoms with Crippen molar-refractivity contribution in [2.75, 3.05) is 46.4 Å². The fourth-order valence-corrected chi connectivity index (χ4v) is 5.96. The molecule has 1 unspecified atom stereocenters. The molecule has 1 N–H and O–H groups in total. The van der Waals surface area contributed by atoms with Crippen LogP contribution in [-0.4, -0.2) is 109 Å². The number of ether oxygens (including phenoxy) is 3. The van der Waals surface area contributed by atoms with Gasteiger partial charge in [0.1, 0.15) is 23.8 Å². The van der Waals surface area contributed by atoms with Gasteiger partial charge in [0.05, 0.1) is 19.7 Å². The normalized spacial score (nSPS) is 23.7. The van der Waals surface area contributed by atoms with E-state index in [0.717, 1.165) is 38.0 Å². The summed E-state index contributed by atoms with van der Waals surface area (Å²) in [6.07, 6.45) is 5.00. The van der Waals surface area contributed by atoms with E-state index in [2.05, 4.69) is 10.2 Å². The zero-order valence-corrected chi connectivity index (χ0v) is 26.4. The number of rotatable bonds is 9. The molecular weight excluding hydrogens is 550 g/mol. The number of methoxy groups -OCH3 is 1. The number of esters is 1. The van der Waals surface area contributed by atoms with Crippen molar-refractivity contribution in [3.8, 4) is 0 Å². The second-order valence-electron chi connectivity index (χ2n) is 12.7. The number of aliphatic imine (C=N–C) groups is 1. The van der Waals surface area contributed by atoms with Gasteiger partial charge in [-0.15, -0.1) is 0 Å². The van der Waals surface area contributed by atoms with E-state index in [-0.39, 0.29) is 31.1 Å². The number of hydrogen-bond acceptors (Lipinski definition) is 9. The number of amides is 2. The number of carbonyl (C=O) groups is 3. The van der Waals surface area contributed by atoms with E-state index in [1.165, 1.54) is 31.3 Å². The van der Waals surface area contributed by atoms with Gasteiger partial charge in [-0.25, -0.2) is 14.6 Å². The SMILES string of the molecule is COC(=O)[C@@H]1CN(C2=N[C@@H](C)[C@H](c3ccccc3)O2)CCN1C(=O)C(CCCCN1CCCCC1)NC(=O)OC(C)(C)C. The van der Waals surface area contributed by atoms with Crippen LogP contribution in [0.2, 0.25) is 0 Å². The van der Waals surface area contributed by atoms with Gasteiger partial charge in [-0.3, -0.25) is 4.79 Å². The lowest BCUT2D eigenvalue weighted by atomic mass is 10.0. The van der Waals surface area contributed by atoms with Crippen LogP contribution in [0.15, 0.2) is 35.3 Å². The summed E-state index contributed by atoms with van der Waals surface area (Å²) in [5.41, 5.74) is 0.325. The molecule has 238 valence electrons. The monoisotopic (exact) mass is 599 g/mol. The Morgan fingerprint density at radius 1 is 1.05 bits per heavy atom. The van der Waals surface area contributed by atoms with Crippen molar-refractivity contribution < 1.29 is 28.6 Å². The molecule has 2 fully saturated rings. The minimum atomic E-state index is -0.875. The van der Waals surface area contributed by atoms with E-state index >= 15 is 0 Å². The molecule has 4 atom stereocenters. The Kier molecular flexibility index (Phi) is 11.3. The van der Waals surface area contributed by atoms with Crippen LogP contribution < -0.4 is 5.32 Å². The quantitative estimate of drug-likeness (QED) is 0.338. The van der Waals surface area contributed by atoms with Gasteiger partial charge in [-0.1, -0.05) is 36.8 Å². The van der Waals surface area contributed by atoms with Gasteiger partial charge in [0.2, 0.25) is 5.91 Å². The van der Waals surface area contributed by atoms with Crippen LogP contribution in [0.3, 0.4) is 0 Å². The number of carbonyl (C=O) groups excluding carboxylic acids is 3. The number of nitrogens with one attached hydrogen (secondary N) is 1. The number of likely N-dealkylation sites (tertiary alicyclic amines) is 1. The molecule has 2 amide bonds. The van der Waals surface area contributed by atoms with Gasteiger partial charge in [0.15, 0.2) is 0 Å². The predicted molar refractivity (Wildman–Crippen MR) is 164 cm³/mol. The molecular formula is C32H49N5O6. The summed E-state index contributed by atoms with van der Waals surface area (Å²) >= 11 is 0. The van der Waals surface area contributed by atoms with Crippen molar-refractivity contribution >= 4 is 24.0 Å². The molecule has 1 aromatic rings. The number of nitrogens with zero attached hydrogens (tertiary/aromatic N) is 4. The first-order chi connectivity index (χ1) is 20.6. The van der Waals surface area contributed by atoms with Crippen LogP contribution >= 0.6 is 0 Å². The number of piperidine rings is 1. The number of alkyl carbamates (subject to hydrolysis) is 1. The van der Waals surface area contributed by atoms with E-state index in [0.29, 0.717) is 19.0 Å². The molecule has 4 rings (SSSR count). The van der Waals surface area contributed by atoms with Crippen LogP contribution in [0.5, 0.6) is 0 Å². The van der Waals surface area contributed by atoms with Gasteiger partial charge in [-0.2, -0.15) is 0 Å². The van der Waals surface area contributed by atoms with Crippen molar-refractivity contribution in [1.82, 2.24) is 20.0 Å². The Morgan fingerprint density at radius 3 is 2.44 bits per heavy atom. The number of benzene rings is 1. The molecule has 0 bridgehead atoms. The highest BCUT2D eigenvalue weighted by Crippen LogP contribution is 2.30. The summed E-state index contributed by atoms with van der Waals surface area (Å²) in [6.45, 7) is 11.4. The van der Waals surface area contributed by atoms with Crippen molar-refractivity contribution in [2.45, 2.75) is 96.1 Å². The topological polar surface area (TPSA) is 113 Å². The van der Waals surface area contributed by atoms with Gasteiger partial charge in [0, 0.05) is 13.1 Å². The maximum Gasteiger partial charge on any atom is 0.408 e. The van der Waals surface area contributed by atoms with Gasteiger partial charge in [-0.05, 0) is 85.0 Å². The summed E-state index contributed by atoms with van der Waals surface area (Å²) in [6, 6.07) is 8.59. The highest BCUT2D eigenvalue weighted by molar-refractivity contribution is 5.90. The maximum absolute atomic E-state index is 14.0. The van der Waals surface area contributed by atoms with Crippen molar-refractivity contribution in [3.05, 3.63) is 35.9 Å². The smallest absolute Gasteiger partial charge is 0.408 e. The Bertz CT molecular complexity index is 1120. The Labute approximate surface area is 255 Å². The molecule has 2 saturated heterocycles. The molecule has 3 heterocycles. The van der Waals surface area contributed by atoms with Crippen LogP contribution in [0.1, 0.15) is 77.9 Å². The molecule has 0 aromatic heterocycles. The highest BCUT2D eigenvalue weighted by atomic mass is 16.6. The van der Waals surface area contributed by atoms with Crippen molar-refractivity contribution in [2.24, 2.45) is 4.99 Å². The second-order valence-corrected chi connectivity index (χ2v) is 12.7.